The Morgan fingerprint density at radius 2 is 1.76 bits per heavy atom. The van der Waals surface area contributed by atoms with Gasteiger partial charge in [0.1, 0.15) is 11.6 Å². The number of hydrogen-bond acceptors (Lipinski definition) is 3. The average molecular weight is 253 g/mol. The van der Waals surface area contributed by atoms with Crippen LogP contribution in [0.4, 0.5) is 13.6 Å². The van der Waals surface area contributed by atoms with Crippen LogP contribution in [-0.2, 0) is 9.53 Å². The van der Waals surface area contributed by atoms with Crippen LogP contribution in [0, 0.1) is 0 Å². The first-order valence-corrected chi connectivity index (χ1v) is 5.01. The van der Waals surface area contributed by atoms with E-state index < -0.39 is 36.0 Å². The number of amides is 1. The Balaban J connectivity index is 4.47. The Bertz CT molecular complexity index is 294. The van der Waals surface area contributed by atoms with Crippen molar-refractivity contribution in [2.45, 2.75) is 51.7 Å². The lowest BCUT2D eigenvalue weighted by atomic mass is 10.1. The maximum Gasteiger partial charge on any atom is 0.408 e. The summed E-state index contributed by atoms with van der Waals surface area (Å²) in [5.41, 5.74) is -0.818. The fraction of sp³-hybridized carbons (Fsp3) is 0.800. The molecule has 0 heterocycles. The predicted molar refractivity (Wildman–Crippen MR) is 56.0 cm³/mol. The number of carboxylic acids is 1. The van der Waals surface area contributed by atoms with Gasteiger partial charge in [-0.25, -0.2) is 18.4 Å². The zero-order valence-corrected chi connectivity index (χ0v) is 10.2. The molecule has 0 aliphatic heterocycles. The van der Waals surface area contributed by atoms with Crippen LogP contribution in [0.25, 0.3) is 0 Å². The molecule has 0 bridgehead atoms. The van der Waals surface area contributed by atoms with Gasteiger partial charge >= 0.3 is 12.1 Å². The van der Waals surface area contributed by atoms with E-state index in [0.29, 0.717) is 6.92 Å². The molecule has 0 aromatic heterocycles. The molecule has 0 aromatic carbocycles. The van der Waals surface area contributed by atoms with Crippen LogP contribution in [0.2, 0.25) is 0 Å². The lowest BCUT2D eigenvalue weighted by molar-refractivity contribution is -0.142. The molecule has 0 fully saturated rings. The fourth-order valence-corrected chi connectivity index (χ4v) is 1.01. The lowest BCUT2D eigenvalue weighted by Crippen LogP contribution is -2.45. The molecule has 100 valence electrons. The van der Waals surface area contributed by atoms with E-state index in [-0.39, 0.29) is 0 Å². The smallest absolute Gasteiger partial charge is 0.408 e. The van der Waals surface area contributed by atoms with E-state index >= 15 is 0 Å². The van der Waals surface area contributed by atoms with Crippen LogP contribution < -0.4 is 5.32 Å². The number of aliphatic carboxylic acids is 1. The number of alkyl halides is 2. The van der Waals surface area contributed by atoms with Crippen LogP contribution >= 0.6 is 0 Å². The number of halogens is 2. The number of carboxylic acid groups (broad SMARTS) is 1. The standard InChI is InChI=1S/C10H17F2NO4/c1-9(2,3)17-8(16)13-6(7(14)15)5-10(4,11)12/h6H,5H2,1-4H3,(H,13,16)(H,14,15). The zero-order valence-electron chi connectivity index (χ0n) is 10.2. The molecular weight excluding hydrogens is 236 g/mol. The normalized spacial score (nSPS) is 14.0. The average Bonchev–Trinajstić information content (AvgIpc) is 1.95. The van der Waals surface area contributed by atoms with Crippen molar-refractivity contribution in [3.63, 3.8) is 0 Å². The number of rotatable bonds is 4. The van der Waals surface area contributed by atoms with Crippen LogP contribution in [0.15, 0.2) is 0 Å². The minimum atomic E-state index is -3.18. The molecule has 0 saturated carbocycles. The summed E-state index contributed by atoms with van der Waals surface area (Å²) >= 11 is 0. The second-order valence-corrected chi connectivity index (χ2v) is 4.81. The zero-order chi connectivity index (χ0) is 13.9. The van der Waals surface area contributed by atoms with Gasteiger partial charge in [-0.3, -0.25) is 0 Å². The quantitative estimate of drug-likeness (QED) is 0.803. The summed E-state index contributed by atoms with van der Waals surface area (Å²) in [6.45, 7) is 5.32. The van der Waals surface area contributed by atoms with Gasteiger partial charge in [0.2, 0.25) is 5.92 Å². The van der Waals surface area contributed by atoms with Gasteiger partial charge in [-0.15, -0.1) is 0 Å². The second kappa shape index (κ2) is 5.29. The third-order valence-corrected chi connectivity index (χ3v) is 1.55. The lowest BCUT2D eigenvalue weighted by Gasteiger charge is -2.23. The largest absolute Gasteiger partial charge is 0.480 e. The monoisotopic (exact) mass is 253 g/mol. The predicted octanol–water partition coefficient (Wildman–Crippen LogP) is 2.01. The molecule has 0 saturated heterocycles. The molecule has 2 N–H and O–H groups in total. The highest BCUT2D eigenvalue weighted by molar-refractivity contribution is 5.80. The first-order valence-electron chi connectivity index (χ1n) is 5.01. The van der Waals surface area contributed by atoms with Crippen molar-refractivity contribution < 1.29 is 28.2 Å². The van der Waals surface area contributed by atoms with Crippen molar-refractivity contribution >= 4 is 12.1 Å². The van der Waals surface area contributed by atoms with Gasteiger partial charge in [0.05, 0.1) is 0 Å². The highest BCUT2D eigenvalue weighted by Crippen LogP contribution is 2.19. The van der Waals surface area contributed by atoms with E-state index in [2.05, 4.69) is 0 Å². The SMILES string of the molecule is CC(F)(F)CC(NC(=O)OC(C)(C)C)C(=O)O. The summed E-state index contributed by atoms with van der Waals surface area (Å²) in [6, 6.07) is -1.68. The Morgan fingerprint density at radius 1 is 1.29 bits per heavy atom. The van der Waals surface area contributed by atoms with Crippen molar-refractivity contribution in [1.29, 1.82) is 0 Å². The summed E-state index contributed by atoms with van der Waals surface area (Å²) in [7, 11) is 0. The van der Waals surface area contributed by atoms with Gasteiger partial charge in [-0.05, 0) is 27.7 Å². The molecule has 0 spiro atoms. The van der Waals surface area contributed by atoms with E-state index in [0.717, 1.165) is 0 Å². The van der Waals surface area contributed by atoms with Crippen molar-refractivity contribution in [3.8, 4) is 0 Å². The molecule has 1 amide bonds. The molecule has 5 nitrogen and oxygen atoms in total. The first kappa shape index (κ1) is 15.6. The second-order valence-electron chi connectivity index (χ2n) is 4.81. The van der Waals surface area contributed by atoms with Crippen LogP contribution in [-0.4, -0.2) is 34.7 Å². The number of carbonyl (C=O) groups is 2. The summed E-state index contributed by atoms with van der Waals surface area (Å²) in [5, 5.41) is 10.6. The Kier molecular flexibility index (Phi) is 4.85. The maximum absolute atomic E-state index is 12.7. The minimum absolute atomic E-state index is 0.583. The molecule has 0 radical (unpaired) electrons. The van der Waals surface area contributed by atoms with Gasteiger partial charge in [-0.2, -0.15) is 0 Å². The number of hydrogen-bond donors (Lipinski definition) is 2. The number of alkyl carbamates (subject to hydrolysis) is 1. The maximum atomic E-state index is 12.7. The van der Waals surface area contributed by atoms with Gasteiger partial charge in [0.15, 0.2) is 0 Å². The van der Waals surface area contributed by atoms with Crippen molar-refractivity contribution in [2.24, 2.45) is 0 Å². The third kappa shape index (κ3) is 8.41. The summed E-state index contributed by atoms with van der Waals surface area (Å²) < 4.78 is 30.1. The third-order valence-electron chi connectivity index (χ3n) is 1.55. The Labute approximate surface area is 98.1 Å². The van der Waals surface area contributed by atoms with E-state index in [1.807, 2.05) is 5.32 Å². The minimum Gasteiger partial charge on any atom is -0.480 e. The van der Waals surface area contributed by atoms with E-state index in [9.17, 15) is 18.4 Å². The number of ether oxygens (including phenoxy) is 1. The molecule has 0 aromatic rings. The van der Waals surface area contributed by atoms with Gasteiger partial charge < -0.3 is 15.2 Å². The molecule has 0 aliphatic rings. The first-order chi connectivity index (χ1) is 7.41. The Hall–Kier alpha value is -1.40. The summed E-state index contributed by atoms with van der Waals surface area (Å²) in [5.74, 6) is -4.71. The highest BCUT2D eigenvalue weighted by atomic mass is 19.3. The molecule has 0 aliphatic carbocycles. The van der Waals surface area contributed by atoms with Crippen molar-refractivity contribution in [1.82, 2.24) is 5.32 Å². The fourth-order valence-electron chi connectivity index (χ4n) is 1.01. The molecular formula is C10H17F2NO4. The molecule has 1 atom stereocenters. The Morgan fingerprint density at radius 3 is 2.06 bits per heavy atom. The van der Waals surface area contributed by atoms with Gasteiger partial charge in [-0.1, -0.05) is 0 Å². The molecule has 17 heavy (non-hydrogen) atoms. The topological polar surface area (TPSA) is 75.6 Å². The number of nitrogens with one attached hydrogen (secondary N) is 1. The van der Waals surface area contributed by atoms with Crippen molar-refractivity contribution in [3.05, 3.63) is 0 Å². The van der Waals surface area contributed by atoms with E-state index in [1.165, 1.54) is 0 Å². The van der Waals surface area contributed by atoms with Crippen LogP contribution in [0.3, 0.4) is 0 Å². The van der Waals surface area contributed by atoms with Crippen LogP contribution in [0.1, 0.15) is 34.1 Å². The summed E-state index contributed by atoms with van der Waals surface area (Å²) in [6.07, 6.45) is -2.02. The van der Waals surface area contributed by atoms with E-state index in [4.69, 9.17) is 9.84 Å². The van der Waals surface area contributed by atoms with Crippen molar-refractivity contribution in [2.75, 3.05) is 0 Å². The van der Waals surface area contributed by atoms with Crippen LogP contribution in [0.5, 0.6) is 0 Å². The molecule has 1 unspecified atom stereocenters. The van der Waals surface area contributed by atoms with Gasteiger partial charge in [0, 0.05) is 6.42 Å². The van der Waals surface area contributed by atoms with Gasteiger partial charge in [0.25, 0.3) is 0 Å². The molecule has 7 heteroatoms. The highest BCUT2D eigenvalue weighted by Gasteiger charge is 2.33. The molecule has 0 rings (SSSR count). The summed E-state index contributed by atoms with van der Waals surface area (Å²) in [4.78, 5) is 21.9. The van der Waals surface area contributed by atoms with E-state index in [1.54, 1.807) is 20.8 Å². The number of carbonyl (C=O) groups excluding carboxylic acids is 1.